The average Bonchev–Trinajstić information content (AvgIpc) is 3.16. The zero-order valence-electron chi connectivity index (χ0n) is 14.7. The first-order valence-corrected chi connectivity index (χ1v) is 11.0. The summed E-state index contributed by atoms with van der Waals surface area (Å²) in [7, 11) is -3.59. The summed E-state index contributed by atoms with van der Waals surface area (Å²) < 4.78 is 33.6. The second-order valence-corrected chi connectivity index (χ2v) is 9.05. The second kappa shape index (κ2) is 8.97. The second-order valence-electron chi connectivity index (χ2n) is 6.36. The molecule has 1 aliphatic heterocycles. The first kappa shape index (κ1) is 20.0. The molecule has 27 heavy (non-hydrogen) atoms. The Labute approximate surface area is 167 Å². The van der Waals surface area contributed by atoms with E-state index in [2.05, 4.69) is 26.0 Å². The summed E-state index contributed by atoms with van der Waals surface area (Å²) in [6.45, 7) is 0.953. The molecule has 0 spiro atoms. The van der Waals surface area contributed by atoms with Crippen molar-refractivity contribution in [1.82, 2.24) is 4.72 Å². The molecule has 2 aromatic rings. The van der Waals surface area contributed by atoms with Crippen LogP contribution >= 0.6 is 15.9 Å². The molecule has 1 heterocycles. The van der Waals surface area contributed by atoms with E-state index in [-0.39, 0.29) is 29.9 Å². The summed E-state index contributed by atoms with van der Waals surface area (Å²) in [6, 6.07) is 13.6. The lowest BCUT2D eigenvalue weighted by molar-refractivity contribution is -0.115. The fourth-order valence-corrected chi connectivity index (χ4v) is 4.13. The number of sulfonamides is 1. The van der Waals surface area contributed by atoms with Gasteiger partial charge in [-0.25, -0.2) is 13.1 Å². The minimum Gasteiger partial charge on any atom is -0.377 e. The molecule has 0 radical (unpaired) electrons. The molecule has 8 heteroatoms. The number of carbonyl (C=O) groups is 1. The predicted molar refractivity (Wildman–Crippen MR) is 107 cm³/mol. The maximum absolute atomic E-state index is 12.3. The highest BCUT2D eigenvalue weighted by atomic mass is 79.9. The number of ether oxygens (including phenoxy) is 1. The maximum atomic E-state index is 12.3. The van der Waals surface area contributed by atoms with Gasteiger partial charge in [-0.05, 0) is 54.8 Å². The third-order valence-corrected chi connectivity index (χ3v) is 6.22. The Kier molecular flexibility index (Phi) is 6.64. The molecule has 1 amide bonds. The van der Waals surface area contributed by atoms with E-state index in [4.69, 9.17) is 4.74 Å². The van der Waals surface area contributed by atoms with E-state index < -0.39 is 10.0 Å². The van der Waals surface area contributed by atoms with Crippen molar-refractivity contribution in [3.05, 3.63) is 58.6 Å². The van der Waals surface area contributed by atoms with E-state index in [1.807, 2.05) is 24.3 Å². The lowest BCUT2D eigenvalue weighted by Crippen LogP contribution is -2.31. The summed E-state index contributed by atoms with van der Waals surface area (Å²) in [5.74, 6) is -0.163. The smallest absolute Gasteiger partial charge is 0.240 e. The predicted octanol–water partition coefficient (Wildman–Crippen LogP) is 3.09. The molecule has 1 atom stereocenters. The maximum Gasteiger partial charge on any atom is 0.240 e. The fourth-order valence-electron chi connectivity index (χ4n) is 2.80. The summed E-state index contributed by atoms with van der Waals surface area (Å²) in [5, 5.41) is 2.77. The molecule has 1 saturated heterocycles. The molecule has 6 nitrogen and oxygen atoms in total. The van der Waals surface area contributed by atoms with Crippen molar-refractivity contribution in [1.29, 1.82) is 0 Å². The Balaban J connectivity index is 1.55. The Hall–Kier alpha value is -1.74. The number of rotatable bonds is 7. The van der Waals surface area contributed by atoms with Crippen molar-refractivity contribution in [3.63, 3.8) is 0 Å². The van der Waals surface area contributed by atoms with Crippen LogP contribution in [-0.2, 0) is 26.0 Å². The molecule has 0 bridgehead atoms. The van der Waals surface area contributed by atoms with Crippen molar-refractivity contribution in [2.75, 3.05) is 18.5 Å². The van der Waals surface area contributed by atoms with E-state index in [1.54, 1.807) is 12.1 Å². The Bertz CT molecular complexity index is 877. The molecule has 0 aromatic heterocycles. The first-order chi connectivity index (χ1) is 12.9. The van der Waals surface area contributed by atoms with E-state index >= 15 is 0 Å². The van der Waals surface area contributed by atoms with Gasteiger partial charge in [0.05, 0.1) is 17.4 Å². The van der Waals surface area contributed by atoms with Crippen molar-refractivity contribution < 1.29 is 17.9 Å². The SMILES string of the molecule is O=C(Cc1ccc(Br)cc1)Nc1ccc(S(=O)(=O)NC[C@H]2CCCO2)cc1. The van der Waals surface area contributed by atoms with Crippen molar-refractivity contribution in [2.45, 2.75) is 30.3 Å². The van der Waals surface area contributed by atoms with Gasteiger partial charge in [0.25, 0.3) is 0 Å². The van der Waals surface area contributed by atoms with Crippen LogP contribution in [0.1, 0.15) is 18.4 Å². The van der Waals surface area contributed by atoms with E-state index in [0.717, 1.165) is 22.9 Å². The Morgan fingerprint density at radius 2 is 1.81 bits per heavy atom. The Morgan fingerprint density at radius 1 is 1.11 bits per heavy atom. The first-order valence-electron chi connectivity index (χ1n) is 8.68. The summed E-state index contributed by atoms with van der Waals surface area (Å²) in [6.07, 6.45) is 2.01. The normalized spacial score (nSPS) is 17.0. The van der Waals surface area contributed by atoms with Crippen LogP contribution in [0.3, 0.4) is 0 Å². The molecule has 0 unspecified atom stereocenters. The highest BCUT2D eigenvalue weighted by molar-refractivity contribution is 9.10. The molecule has 3 rings (SSSR count). The van der Waals surface area contributed by atoms with Crippen LogP contribution in [0.4, 0.5) is 5.69 Å². The van der Waals surface area contributed by atoms with Gasteiger partial charge in [0, 0.05) is 23.3 Å². The Morgan fingerprint density at radius 3 is 2.44 bits per heavy atom. The minimum absolute atomic E-state index is 0.0584. The molecule has 144 valence electrons. The highest BCUT2D eigenvalue weighted by Gasteiger charge is 2.20. The summed E-state index contributed by atoms with van der Waals surface area (Å²) >= 11 is 3.36. The van der Waals surface area contributed by atoms with Gasteiger partial charge >= 0.3 is 0 Å². The topological polar surface area (TPSA) is 84.5 Å². The van der Waals surface area contributed by atoms with Gasteiger partial charge in [0.1, 0.15) is 0 Å². The minimum atomic E-state index is -3.59. The average molecular weight is 453 g/mol. The monoisotopic (exact) mass is 452 g/mol. The number of anilines is 1. The molecule has 2 aromatic carbocycles. The van der Waals surface area contributed by atoms with E-state index in [0.29, 0.717) is 12.3 Å². The van der Waals surface area contributed by atoms with Crippen LogP contribution in [0.25, 0.3) is 0 Å². The number of halogens is 1. The van der Waals surface area contributed by atoms with Crippen molar-refractivity contribution in [2.24, 2.45) is 0 Å². The fraction of sp³-hybridized carbons (Fsp3) is 0.316. The van der Waals surface area contributed by atoms with Crippen LogP contribution in [0.5, 0.6) is 0 Å². The van der Waals surface area contributed by atoms with Gasteiger partial charge < -0.3 is 10.1 Å². The quantitative estimate of drug-likeness (QED) is 0.675. The van der Waals surface area contributed by atoms with Crippen LogP contribution in [0.2, 0.25) is 0 Å². The number of nitrogens with one attached hydrogen (secondary N) is 2. The van der Waals surface area contributed by atoms with Crippen molar-refractivity contribution in [3.8, 4) is 0 Å². The zero-order chi connectivity index (χ0) is 19.3. The largest absolute Gasteiger partial charge is 0.377 e. The zero-order valence-corrected chi connectivity index (χ0v) is 17.1. The number of hydrogen-bond donors (Lipinski definition) is 2. The molecule has 1 fully saturated rings. The lowest BCUT2D eigenvalue weighted by Gasteiger charge is -2.12. The number of benzene rings is 2. The van der Waals surface area contributed by atoms with E-state index in [1.165, 1.54) is 12.1 Å². The molecular formula is C19H21BrN2O4S. The lowest BCUT2D eigenvalue weighted by atomic mass is 10.1. The summed E-state index contributed by atoms with van der Waals surface area (Å²) in [4.78, 5) is 12.3. The number of hydrogen-bond acceptors (Lipinski definition) is 4. The molecule has 1 aliphatic rings. The van der Waals surface area contributed by atoms with Gasteiger partial charge in [0.15, 0.2) is 0 Å². The third kappa shape index (κ3) is 5.87. The van der Waals surface area contributed by atoms with Crippen LogP contribution < -0.4 is 10.0 Å². The van der Waals surface area contributed by atoms with Crippen LogP contribution in [0.15, 0.2) is 57.9 Å². The highest BCUT2D eigenvalue weighted by Crippen LogP contribution is 2.17. The molecule has 0 aliphatic carbocycles. The third-order valence-electron chi connectivity index (χ3n) is 4.25. The van der Waals surface area contributed by atoms with Gasteiger partial charge in [-0.1, -0.05) is 28.1 Å². The van der Waals surface area contributed by atoms with Crippen LogP contribution in [-0.4, -0.2) is 33.6 Å². The number of amides is 1. The van der Waals surface area contributed by atoms with Crippen molar-refractivity contribution >= 4 is 37.5 Å². The summed E-state index contributed by atoms with van der Waals surface area (Å²) in [5.41, 5.74) is 1.45. The van der Waals surface area contributed by atoms with Gasteiger partial charge in [-0.3, -0.25) is 4.79 Å². The van der Waals surface area contributed by atoms with Crippen LogP contribution in [0, 0.1) is 0 Å². The van der Waals surface area contributed by atoms with Gasteiger partial charge in [-0.2, -0.15) is 0 Å². The standard InChI is InChI=1S/C19H21BrN2O4S/c20-15-5-3-14(4-6-15)12-19(23)22-16-7-9-18(10-8-16)27(24,25)21-13-17-2-1-11-26-17/h3-10,17,21H,1-2,11-13H2,(H,22,23)/t17-/m1/s1. The van der Waals surface area contributed by atoms with Gasteiger partial charge in [0.2, 0.25) is 15.9 Å². The number of carbonyl (C=O) groups excluding carboxylic acids is 1. The molecular weight excluding hydrogens is 432 g/mol. The van der Waals surface area contributed by atoms with E-state index in [9.17, 15) is 13.2 Å². The van der Waals surface area contributed by atoms with Gasteiger partial charge in [-0.15, -0.1) is 0 Å². The molecule has 0 saturated carbocycles. The molecule has 2 N–H and O–H groups in total.